The number of piperidine rings is 1. The molecular weight excluding hydrogens is 584 g/mol. The van der Waals surface area contributed by atoms with Gasteiger partial charge in [-0.05, 0) is 88.1 Å². The van der Waals surface area contributed by atoms with Crippen LogP contribution < -0.4 is 14.5 Å². The van der Waals surface area contributed by atoms with Crippen molar-refractivity contribution in [2.24, 2.45) is 0 Å². The van der Waals surface area contributed by atoms with Crippen molar-refractivity contribution >= 4 is 28.7 Å². The molecule has 1 amide bonds. The molecule has 0 spiro atoms. The van der Waals surface area contributed by atoms with Crippen molar-refractivity contribution in [3.8, 4) is 5.75 Å². The van der Waals surface area contributed by atoms with Crippen molar-refractivity contribution < 1.29 is 14.3 Å². The lowest BCUT2D eigenvalue weighted by atomic mass is 9.86. The number of allylic oxidation sites excluding steroid dienone is 1. The fraction of sp³-hybridized carbons (Fsp3) is 0.375. The number of nitrogens with zero attached hydrogens (tertiary/aromatic N) is 4. The van der Waals surface area contributed by atoms with Gasteiger partial charge in [0.1, 0.15) is 17.1 Å². The molecule has 4 aliphatic rings. The highest BCUT2D eigenvalue weighted by Crippen LogP contribution is 2.45. The Balaban J connectivity index is 1.18. The van der Waals surface area contributed by atoms with Crippen LogP contribution in [0.2, 0.25) is 0 Å². The van der Waals surface area contributed by atoms with E-state index in [1.807, 2.05) is 31.7 Å². The lowest BCUT2D eigenvalue weighted by molar-refractivity contribution is 0.0135. The van der Waals surface area contributed by atoms with Crippen LogP contribution in [-0.4, -0.2) is 73.9 Å². The van der Waals surface area contributed by atoms with Gasteiger partial charge in [0.05, 0.1) is 6.04 Å². The average Bonchev–Trinajstić information content (AvgIpc) is 3.10. The molecule has 1 unspecified atom stereocenters. The Labute approximate surface area is 279 Å². The van der Waals surface area contributed by atoms with E-state index in [0.29, 0.717) is 13.1 Å². The molecule has 3 aromatic carbocycles. The first-order valence-electron chi connectivity index (χ1n) is 17.1. The second kappa shape index (κ2) is 13.0. The predicted molar refractivity (Wildman–Crippen MR) is 190 cm³/mol. The van der Waals surface area contributed by atoms with Gasteiger partial charge < -0.3 is 24.2 Å². The topological polar surface area (TPSA) is 48.5 Å². The van der Waals surface area contributed by atoms with E-state index in [1.165, 1.54) is 36.1 Å². The van der Waals surface area contributed by atoms with Gasteiger partial charge in [-0.1, -0.05) is 42.5 Å². The summed E-state index contributed by atoms with van der Waals surface area (Å²) in [5.74, 6) is 1.81. The molecule has 7 rings (SSSR count). The van der Waals surface area contributed by atoms with Crippen LogP contribution in [0.15, 0.2) is 102 Å². The van der Waals surface area contributed by atoms with Gasteiger partial charge in [0, 0.05) is 86.2 Å². The van der Waals surface area contributed by atoms with Gasteiger partial charge in [0.15, 0.2) is 0 Å². The normalized spacial score (nSPS) is 19.8. The van der Waals surface area contributed by atoms with Crippen LogP contribution in [-0.2, 0) is 4.74 Å². The van der Waals surface area contributed by atoms with E-state index in [9.17, 15) is 4.79 Å². The number of hydrogen-bond donors (Lipinski definition) is 0. The number of para-hydroxylation sites is 1. The van der Waals surface area contributed by atoms with Crippen molar-refractivity contribution in [1.82, 2.24) is 9.80 Å². The summed E-state index contributed by atoms with van der Waals surface area (Å²) in [5.41, 5.74) is 7.62. The van der Waals surface area contributed by atoms with Crippen LogP contribution in [0.5, 0.6) is 5.75 Å². The van der Waals surface area contributed by atoms with Gasteiger partial charge in [-0.3, -0.25) is 4.90 Å². The van der Waals surface area contributed by atoms with Crippen LogP contribution in [0.4, 0.5) is 21.9 Å². The van der Waals surface area contributed by atoms with E-state index in [0.717, 1.165) is 60.2 Å². The van der Waals surface area contributed by atoms with Crippen molar-refractivity contribution in [2.45, 2.75) is 51.7 Å². The van der Waals surface area contributed by atoms with Gasteiger partial charge in [0.2, 0.25) is 0 Å². The third kappa shape index (κ3) is 6.68. The van der Waals surface area contributed by atoms with Crippen molar-refractivity contribution in [3.05, 3.63) is 113 Å². The number of hydrogen-bond acceptors (Lipinski definition) is 6. The Morgan fingerprint density at radius 1 is 0.851 bits per heavy atom. The van der Waals surface area contributed by atoms with Crippen molar-refractivity contribution in [1.29, 1.82) is 0 Å². The highest BCUT2D eigenvalue weighted by atomic mass is 16.6. The number of benzene rings is 3. The van der Waals surface area contributed by atoms with E-state index in [2.05, 4.69) is 107 Å². The van der Waals surface area contributed by atoms with E-state index in [-0.39, 0.29) is 12.1 Å². The third-order valence-corrected chi connectivity index (χ3v) is 9.57. The smallest absolute Gasteiger partial charge is 0.410 e. The first-order valence-corrected chi connectivity index (χ1v) is 17.1. The van der Waals surface area contributed by atoms with E-state index < -0.39 is 5.60 Å². The van der Waals surface area contributed by atoms with E-state index in [4.69, 9.17) is 9.47 Å². The number of piperazine rings is 1. The van der Waals surface area contributed by atoms with Gasteiger partial charge >= 0.3 is 6.09 Å². The summed E-state index contributed by atoms with van der Waals surface area (Å²) >= 11 is 0. The minimum absolute atomic E-state index is 0.0875. The molecule has 7 heteroatoms. The summed E-state index contributed by atoms with van der Waals surface area (Å²) in [6.45, 7) is 10.7. The summed E-state index contributed by atoms with van der Waals surface area (Å²) in [4.78, 5) is 21.6. The Hall–Kier alpha value is -4.49. The molecule has 3 aliphatic heterocycles. The molecule has 0 aromatic heterocycles. The Morgan fingerprint density at radius 3 is 2.26 bits per heavy atom. The number of amides is 1. The Morgan fingerprint density at radius 2 is 1.55 bits per heavy atom. The lowest BCUT2D eigenvalue weighted by Crippen LogP contribution is -2.52. The molecule has 0 bridgehead atoms. The van der Waals surface area contributed by atoms with Crippen molar-refractivity contribution in [2.75, 3.05) is 56.1 Å². The van der Waals surface area contributed by atoms with Crippen molar-refractivity contribution in [3.63, 3.8) is 0 Å². The largest absolute Gasteiger partial charge is 0.456 e. The molecule has 1 aliphatic carbocycles. The van der Waals surface area contributed by atoms with Crippen LogP contribution >= 0.6 is 0 Å². The first-order chi connectivity index (χ1) is 22.7. The van der Waals surface area contributed by atoms with Crippen LogP contribution in [0.3, 0.4) is 0 Å². The fourth-order valence-corrected chi connectivity index (χ4v) is 7.01. The fourth-order valence-electron chi connectivity index (χ4n) is 7.01. The molecule has 3 aromatic rings. The zero-order valence-corrected chi connectivity index (χ0v) is 28.1. The average molecular weight is 631 g/mol. The van der Waals surface area contributed by atoms with Crippen LogP contribution in [0.1, 0.15) is 51.2 Å². The number of rotatable bonds is 5. The molecule has 0 radical (unpaired) electrons. The maximum Gasteiger partial charge on any atom is 0.410 e. The number of carbonyl (C=O) groups is 1. The summed E-state index contributed by atoms with van der Waals surface area (Å²) in [7, 11) is 2.11. The van der Waals surface area contributed by atoms with E-state index >= 15 is 0 Å². The van der Waals surface area contributed by atoms with Crippen LogP contribution in [0.25, 0.3) is 5.57 Å². The van der Waals surface area contributed by atoms with Gasteiger partial charge in [-0.25, -0.2) is 4.79 Å². The molecule has 2 fully saturated rings. The molecule has 1 atom stereocenters. The zero-order valence-electron chi connectivity index (χ0n) is 28.1. The monoisotopic (exact) mass is 630 g/mol. The Bertz CT molecular complexity index is 1690. The number of carbonyl (C=O) groups excluding carboxylic acids is 1. The van der Waals surface area contributed by atoms with Crippen LogP contribution in [0, 0.1) is 0 Å². The maximum absolute atomic E-state index is 12.7. The quantitative estimate of drug-likeness (QED) is 0.285. The number of ether oxygens (including phenoxy) is 2. The molecule has 47 heavy (non-hydrogen) atoms. The van der Waals surface area contributed by atoms with Gasteiger partial charge in [-0.2, -0.15) is 0 Å². The number of fused-ring (bicyclic) bond motifs is 2. The predicted octanol–water partition coefficient (Wildman–Crippen LogP) is 8.01. The molecule has 0 N–H and O–H groups in total. The molecule has 244 valence electrons. The number of anilines is 3. The third-order valence-electron chi connectivity index (χ3n) is 9.57. The SMILES string of the molecule is CN(c1ccccc1)c1ccc(C2=C3C=CC(N4CCN(C(=O)OC(C)(C)C)CC4)C=C3Oc3cc(N4CCCCC4)ccc32)cc1. The Kier molecular flexibility index (Phi) is 8.58. The molecule has 3 heterocycles. The summed E-state index contributed by atoms with van der Waals surface area (Å²) < 4.78 is 12.4. The minimum atomic E-state index is -0.494. The molecule has 7 nitrogen and oxygen atoms in total. The highest BCUT2D eigenvalue weighted by Gasteiger charge is 2.32. The van der Waals surface area contributed by atoms with Gasteiger partial charge in [0.25, 0.3) is 0 Å². The second-order valence-corrected chi connectivity index (χ2v) is 13.9. The van der Waals surface area contributed by atoms with E-state index in [1.54, 1.807) is 0 Å². The summed E-state index contributed by atoms with van der Waals surface area (Å²) in [5, 5.41) is 0. The summed E-state index contributed by atoms with van der Waals surface area (Å²) in [6.07, 6.45) is 10.3. The maximum atomic E-state index is 12.7. The first kappa shape index (κ1) is 31.1. The molecular formula is C40H46N4O3. The zero-order chi connectivity index (χ0) is 32.5. The molecule has 0 saturated carbocycles. The minimum Gasteiger partial charge on any atom is -0.456 e. The highest BCUT2D eigenvalue weighted by molar-refractivity contribution is 5.91. The second-order valence-electron chi connectivity index (χ2n) is 13.9. The lowest BCUT2D eigenvalue weighted by Gasteiger charge is -2.39. The standard InChI is InChI=1S/C40H46N4O3/c1-40(2,3)47-39(45)44-25-23-43(24-26-44)33-18-20-35-37(28-33)46-36-27-32(42-21-9-6-10-22-42)17-19-34(36)38(35)29-13-15-31(16-14-29)41(4)30-11-7-5-8-12-30/h5,7-8,11-20,27-28,33H,6,9-10,21-26H2,1-4H3. The van der Waals surface area contributed by atoms with Gasteiger partial charge in [-0.15, -0.1) is 0 Å². The summed E-state index contributed by atoms with van der Waals surface area (Å²) in [6, 6.07) is 26.2. The molecule has 2 saturated heterocycles.